The predicted molar refractivity (Wildman–Crippen MR) is 142 cm³/mol. The monoisotopic (exact) mass is 535 g/mol. The molecule has 8 nitrogen and oxygen atoms in total. The highest BCUT2D eigenvalue weighted by Crippen LogP contribution is 2.23. The molecular weight excluding hydrogens is 502 g/mol. The number of carbonyl (C=O) groups is 2. The zero-order valence-electron chi connectivity index (χ0n) is 20.9. The Labute approximate surface area is 218 Å². The molecule has 2 amide bonds. The van der Waals surface area contributed by atoms with Crippen LogP contribution < -0.4 is 14.4 Å². The van der Waals surface area contributed by atoms with E-state index in [1.54, 1.807) is 50.4 Å². The van der Waals surface area contributed by atoms with E-state index in [0.717, 1.165) is 48.2 Å². The van der Waals surface area contributed by atoms with Crippen molar-refractivity contribution in [1.82, 2.24) is 10.2 Å². The molecule has 1 atom stereocenters. The minimum Gasteiger partial charge on any atom is -0.497 e. The van der Waals surface area contributed by atoms with Crippen LogP contribution in [0.5, 0.6) is 5.75 Å². The first-order chi connectivity index (χ1) is 17.1. The number of carbonyl (C=O) groups excluding carboxylic acids is 2. The number of rotatable bonds is 10. The topological polar surface area (TPSA) is 96.0 Å². The van der Waals surface area contributed by atoms with Crippen molar-refractivity contribution in [3.8, 4) is 5.75 Å². The van der Waals surface area contributed by atoms with Crippen LogP contribution in [0.2, 0.25) is 5.02 Å². The molecule has 10 heteroatoms. The van der Waals surface area contributed by atoms with E-state index in [-0.39, 0.29) is 24.2 Å². The van der Waals surface area contributed by atoms with Gasteiger partial charge < -0.3 is 15.0 Å². The molecule has 1 fully saturated rings. The minimum atomic E-state index is -3.81. The second-order valence-electron chi connectivity index (χ2n) is 9.14. The Morgan fingerprint density at radius 3 is 2.44 bits per heavy atom. The first-order valence-electron chi connectivity index (χ1n) is 12.0. The fourth-order valence-corrected chi connectivity index (χ4v) is 5.39. The van der Waals surface area contributed by atoms with Gasteiger partial charge in [0.15, 0.2) is 0 Å². The third kappa shape index (κ3) is 7.61. The number of benzene rings is 2. The predicted octanol–water partition coefficient (Wildman–Crippen LogP) is 3.98. The molecule has 0 bridgehead atoms. The van der Waals surface area contributed by atoms with E-state index in [1.807, 2.05) is 6.07 Å². The lowest BCUT2D eigenvalue weighted by Gasteiger charge is -2.33. The average molecular weight is 536 g/mol. The molecule has 1 saturated carbocycles. The molecule has 0 saturated heterocycles. The van der Waals surface area contributed by atoms with Crippen LogP contribution in [-0.4, -0.2) is 57.1 Å². The Hall–Kier alpha value is -2.78. The van der Waals surface area contributed by atoms with Gasteiger partial charge in [-0.3, -0.25) is 13.9 Å². The molecule has 2 aromatic carbocycles. The molecule has 1 N–H and O–H groups in total. The van der Waals surface area contributed by atoms with Crippen molar-refractivity contribution in [2.45, 2.75) is 57.7 Å². The fourth-order valence-electron chi connectivity index (χ4n) is 4.36. The molecule has 36 heavy (non-hydrogen) atoms. The van der Waals surface area contributed by atoms with Crippen molar-refractivity contribution < 1.29 is 22.7 Å². The van der Waals surface area contributed by atoms with Crippen LogP contribution in [0.15, 0.2) is 48.5 Å². The van der Waals surface area contributed by atoms with Crippen LogP contribution in [-0.2, 0) is 26.2 Å². The van der Waals surface area contributed by atoms with E-state index in [9.17, 15) is 18.0 Å². The van der Waals surface area contributed by atoms with Gasteiger partial charge in [0.05, 0.1) is 19.1 Å². The first kappa shape index (κ1) is 27.8. The zero-order chi connectivity index (χ0) is 26.3. The minimum absolute atomic E-state index is 0.0847. The van der Waals surface area contributed by atoms with Crippen LogP contribution in [0.25, 0.3) is 0 Å². The lowest BCUT2D eigenvalue weighted by molar-refractivity contribution is -0.139. The van der Waals surface area contributed by atoms with Gasteiger partial charge in [0.2, 0.25) is 21.8 Å². The third-order valence-electron chi connectivity index (χ3n) is 6.38. The summed E-state index contributed by atoms with van der Waals surface area (Å²) in [5.41, 5.74) is 1.03. The average Bonchev–Trinajstić information content (AvgIpc) is 2.85. The normalized spacial score (nSPS) is 15.1. The number of hydrogen-bond donors (Lipinski definition) is 1. The second kappa shape index (κ2) is 12.5. The first-order valence-corrected chi connectivity index (χ1v) is 14.3. The highest BCUT2D eigenvalue weighted by atomic mass is 35.5. The van der Waals surface area contributed by atoms with Crippen molar-refractivity contribution in [3.05, 3.63) is 59.1 Å². The summed E-state index contributed by atoms with van der Waals surface area (Å²) in [5, 5.41) is 3.43. The lowest BCUT2D eigenvalue weighted by Crippen LogP contribution is -2.52. The van der Waals surface area contributed by atoms with E-state index in [1.165, 1.54) is 11.0 Å². The number of nitrogens with zero attached hydrogens (tertiary/aromatic N) is 2. The summed E-state index contributed by atoms with van der Waals surface area (Å²) >= 11 is 6.08. The highest BCUT2D eigenvalue weighted by Gasteiger charge is 2.31. The molecule has 1 aliphatic rings. The van der Waals surface area contributed by atoms with Crippen molar-refractivity contribution in [2.75, 3.05) is 24.2 Å². The van der Waals surface area contributed by atoms with Gasteiger partial charge in [0, 0.05) is 17.6 Å². The number of methoxy groups -OCH3 is 1. The Morgan fingerprint density at radius 1 is 1.11 bits per heavy atom. The summed E-state index contributed by atoms with van der Waals surface area (Å²) in [6, 6.07) is 12.8. The molecule has 0 radical (unpaired) electrons. The number of nitrogens with one attached hydrogen (secondary N) is 1. The molecule has 3 rings (SSSR count). The molecule has 2 aromatic rings. The molecule has 1 aliphatic carbocycles. The van der Waals surface area contributed by atoms with E-state index in [4.69, 9.17) is 16.3 Å². The van der Waals surface area contributed by atoms with Crippen LogP contribution in [0, 0.1) is 0 Å². The van der Waals surface area contributed by atoms with Crippen LogP contribution >= 0.6 is 11.6 Å². The molecule has 0 heterocycles. The van der Waals surface area contributed by atoms with Crippen molar-refractivity contribution in [3.63, 3.8) is 0 Å². The number of sulfonamides is 1. The quantitative estimate of drug-likeness (QED) is 0.496. The van der Waals surface area contributed by atoms with Crippen molar-refractivity contribution in [2.24, 2.45) is 0 Å². The van der Waals surface area contributed by atoms with E-state index >= 15 is 0 Å². The Balaban J connectivity index is 1.88. The maximum Gasteiger partial charge on any atom is 0.244 e. The summed E-state index contributed by atoms with van der Waals surface area (Å²) in [6.07, 6.45) is 6.15. The van der Waals surface area contributed by atoms with Gasteiger partial charge in [-0.05, 0) is 55.7 Å². The van der Waals surface area contributed by atoms with Crippen LogP contribution in [0.4, 0.5) is 5.69 Å². The molecule has 196 valence electrons. The van der Waals surface area contributed by atoms with Gasteiger partial charge in [0.1, 0.15) is 18.3 Å². The Morgan fingerprint density at radius 2 is 1.81 bits per heavy atom. The van der Waals surface area contributed by atoms with E-state index in [2.05, 4.69) is 5.32 Å². The van der Waals surface area contributed by atoms with Crippen LogP contribution in [0.1, 0.15) is 44.6 Å². The smallest absolute Gasteiger partial charge is 0.244 e. The van der Waals surface area contributed by atoms with Gasteiger partial charge >= 0.3 is 0 Å². The number of halogens is 1. The Kier molecular flexibility index (Phi) is 9.62. The van der Waals surface area contributed by atoms with Gasteiger partial charge in [-0.15, -0.1) is 0 Å². The summed E-state index contributed by atoms with van der Waals surface area (Å²) in [7, 11) is -2.26. The van der Waals surface area contributed by atoms with Crippen molar-refractivity contribution >= 4 is 39.1 Å². The zero-order valence-corrected chi connectivity index (χ0v) is 22.5. The fraction of sp³-hybridized carbons (Fsp3) is 0.462. The molecule has 0 aromatic heterocycles. The number of anilines is 1. The Bertz CT molecular complexity index is 1170. The van der Waals surface area contributed by atoms with E-state index in [0.29, 0.717) is 10.8 Å². The van der Waals surface area contributed by atoms with Crippen LogP contribution in [0.3, 0.4) is 0 Å². The number of hydrogen-bond acceptors (Lipinski definition) is 5. The van der Waals surface area contributed by atoms with Gasteiger partial charge in [0.25, 0.3) is 0 Å². The maximum atomic E-state index is 13.6. The molecule has 0 spiro atoms. The maximum absolute atomic E-state index is 13.6. The number of amides is 2. The molecular formula is C26H34ClN3O5S. The summed E-state index contributed by atoms with van der Waals surface area (Å²) < 4.78 is 31.6. The standard InChI is InChI=1S/C26H34ClN3O5S/c1-19(26(32)28-22-11-5-4-6-12-22)29(17-20-9-7-14-24(15-20)35-2)25(31)18-30(36(3,33)34)23-13-8-10-21(27)16-23/h7-10,13-16,19,22H,4-6,11-12,17-18H2,1-3H3,(H,28,32). The molecule has 1 unspecified atom stereocenters. The van der Waals surface area contributed by atoms with Gasteiger partial charge in [-0.2, -0.15) is 0 Å². The van der Waals surface area contributed by atoms with Gasteiger partial charge in [-0.1, -0.05) is 49.1 Å². The van der Waals surface area contributed by atoms with Gasteiger partial charge in [-0.25, -0.2) is 8.42 Å². The number of ether oxygens (including phenoxy) is 1. The summed E-state index contributed by atoms with van der Waals surface area (Å²) in [4.78, 5) is 28.2. The summed E-state index contributed by atoms with van der Waals surface area (Å²) in [5.74, 6) is -0.141. The molecule has 0 aliphatic heterocycles. The summed E-state index contributed by atoms with van der Waals surface area (Å²) in [6.45, 7) is 1.31. The third-order valence-corrected chi connectivity index (χ3v) is 7.76. The second-order valence-corrected chi connectivity index (χ2v) is 11.5. The lowest BCUT2D eigenvalue weighted by atomic mass is 9.95. The SMILES string of the molecule is COc1cccc(CN(C(=O)CN(c2cccc(Cl)c2)S(C)(=O)=O)C(C)C(=O)NC2CCCCC2)c1. The van der Waals surface area contributed by atoms with Crippen molar-refractivity contribution in [1.29, 1.82) is 0 Å². The highest BCUT2D eigenvalue weighted by molar-refractivity contribution is 7.92. The van der Waals surface area contributed by atoms with E-state index < -0.39 is 28.5 Å². The largest absolute Gasteiger partial charge is 0.497 e.